The summed E-state index contributed by atoms with van der Waals surface area (Å²) in [5.41, 5.74) is 3.33. The molecule has 1 saturated heterocycles. The van der Waals surface area contributed by atoms with Gasteiger partial charge in [0.2, 0.25) is 15.9 Å². The second-order valence-corrected chi connectivity index (χ2v) is 9.90. The van der Waals surface area contributed by atoms with Crippen molar-refractivity contribution in [3.8, 4) is 0 Å². The van der Waals surface area contributed by atoms with E-state index in [-0.39, 0.29) is 37.0 Å². The van der Waals surface area contributed by atoms with Gasteiger partial charge in [-0.3, -0.25) is 4.79 Å². The molecule has 0 aromatic heterocycles. The van der Waals surface area contributed by atoms with E-state index in [1.54, 1.807) is 4.31 Å². The molecule has 0 spiro atoms. The minimum Gasteiger partial charge on any atom is -0.355 e. The Kier molecular flexibility index (Phi) is 9.96. The van der Waals surface area contributed by atoms with Crippen LogP contribution in [0.1, 0.15) is 16.7 Å². The van der Waals surface area contributed by atoms with Gasteiger partial charge in [-0.05, 0) is 24.5 Å². The number of rotatable bonds is 9. The molecule has 1 amide bonds. The Labute approximate surface area is 192 Å². The van der Waals surface area contributed by atoms with Crippen LogP contribution < -0.4 is 5.32 Å². The molecule has 3 rings (SSSR count). The molecule has 2 aromatic carbocycles. The van der Waals surface area contributed by atoms with Crippen LogP contribution in [-0.2, 0) is 27.7 Å². The van der Waals surface area contributed by atoms with Crippen molar-refractivity contribution in [2.75, 3.05) is 45.0 Å². The maximum absolute atomic E-state index is 12.6. The van der Waals surface area contributed by atoms with Gasteiger partial charge in [0, 0.05) is 39.3 Å². The van der Waals surface area contributed by atoms with Crippen LogP contribution in [0.15, 0.2) is 54.6 Å². The van der Waals surface area contributed by atoms with Crippen molar-refractivity contribution in [2.24, 2.45) is 0 Å². The Hall–Kier alpha value is -1.93. The fourth-order valence-electron chi connectivity index (χ4n) is 3.68. The van der Waals surface area contributed by atoms with Crippen LogP contribution in [0.2, 0.25) is 0 Å². The molecule has 170 valence electrons. The molecule has 1 aliphatic rings. The predicted molar refractivity (Wildman–Crippen MR) is 127 cm³/mol. The Balaban J connectivity index is 0.00000341. The van der Waals surface area contributed by atoms with Gasteiger partial charge in [0.05, 0.1) is 12.2 Å². The first-order valence-corrected chi connectivity index (χ1v) is 12.1. The summed E-state index contributed by atoms with van der Waals surface area (Å²) in [6, 6.07) is 18.1. The number of hydrogen-bond acceptors (Lipinski definition) is 4. The van der Waals surface area contributed by atoms with Crippen LogP contribution >= 0.6 is 12.4 Å². The molecule has 1 heterocycles. The van der Waals surface area contributed by atoms with Crippen molar-refractivity contribution in [1.82, 2.24) is 14.5 Å². The van der Waals surface area contributed by atoms with Crippen LogP contribution in [0.4, 0.5) is 0 Å². The van der Waals surface area contributed by atoms with Crippen LogP contribution in [0, 0.1) is 6.92 Å². The maximum atomic E-state index is 12.6. The number of piperazine rings is 1. The smallest absolute Gasteiger partial charge is 0.224 e. The molecule has 0 radical (unpaired) electrons. The zero-order chi connectivity index (χ0) is 21.4. The molecule has 6 nitrogen and oxygen atoms in total. The van der Waals surface area contributed by atoms with Crippen LogP contribution in [0.25, 0.3) is 0 Å². The quantitative estimate of drug-likeness (QED) is 0.616. The summed E-state index contributed by atoms with van der Waals surface area (Å²) in [7, 11) is -3.36. The van der Waals surface area contributed by atoms with Gasteiger partial charge in [-0.25, -0.2) is 8.42 Å². The summed E-state index contributed by atoms with van der Waals surface area (Å²) >= 11 is 0. The summed E-state index contributed by atoms with van der Waals surface area (Å²) < 4.78 is 26.8. The molecular weight excluding hydrogens is 434 g/mol. The van der Waals surface area contributed by atoms with Crippen LogP contribution in [-0.4, -0.2) is 68.6 Å². The minimum atomic E-state index is -3.36. The third-order valence-corrected chi connectivity index (χ3v) is 7.29. The summed E-state index contributed by atoms with van der Waals surface area (Å²) in [5.74, 6) is -0.210. The Morgan fingerprint density at radius 1 is 0.968 bits per heavy atom. The molecule has 8 heteroatoms. The third-order valence-electron chi connectivity index (χ3n) is 5.41. The number of hydrogen-bond donors (Lipinski definition) is 1. The topological polar surface area (TPSA) is 69.7 Å². The average Bonchev–Trinajstić information content (AvgIpc) is 2.73. The van der Waals surface area contributed by atoms with E-state index < -0.39 is 10.0 Å². The first-order valence-electron chi connectivity index (χ1n) is 10.5. The van der Waals surface area contributed by atoms with Crippen molar-refractivity contribution in [3.63, 3.8) is 0 Å². The molecule has 1 aliphatic heterocycles. The van der Waals surface area contributed by atoms with Gasteiger partial charge >= 0.3 is 0 Å². The highest BCUT2D eigenvalue weighted by molar-refractivity contribution is 7.89. The molecule has 31 heavy (non-hydrogen) atoms. The number of sulfonamides is 1. The summed E-state index contributed by atoms with van der Waals surface area (Å²) in [4.78, 5) is 14.4. The lowest BCUT2D eigenvalue weighted by atomic mass is 10.1. The molecule has 1 fully saturated rings. The van der Waals surface area contributed by atoms with Crippen molar-refractivity contribution in [3.05, 3.63) is 71.3 Å². The lowest BCUT2D eigenvalue weighted by Crippen LogP contribution is -2.50. The van der Waals surface area contributed by atoms with Crippen molar-refractivity contribution in [1.29, 1.82) is 0 Å². The van der Waals surface area contributed by atoms with Crippen molar-refractivity contribution >= 4 is 28.3 Å². The number of carbonyl (C=O) groups excluding carboxylic acids is 1. The van der Waals surface area contributed by atoms with E-state index in [1.807, 2.05) is 49.4 Å². The van der Waals surface area contributed by atoms with Crippen LogP contribution in [0.5, 0.6) is 0 Å². The van der Waals surface area contributed by atoms with E-state index in [1.165, 1.54) is 5.56 Å². The van der Waals surface area contributed by atoms with Gasteiger partial charge in [-0.2, -0.15) is 4.31 Å². The fourth-order valence-corrected chi connectivity index (χ4v) is 5.02. The molecule has 0 unspecified atom stereocenters. The number of nitrogens with one attached hydrogen (secondary N) is 1. The van der Waals surface area contributed by atoms with Gasteiger partial charge in [-0.15, -0.1) is 12.4 Å². The summed E-state index contributed by atoms with van der Waals surface area (Å²) in [6.45, 7) is 5.56. The Bertz CT molecular complexity index is 930. The summed E-state index contributed by atoms with van der Waals surface area (Å²) in [6.07, 6.45) is 1.24. The highest BCUT2D eigenvalue weighted by Crippen LogP contribution is 2.10. The van der Waals surface area contributed by atoms with E-state index in [4.69, 9.17) is 0 Å². The maximum Gasteiger partial charge on any atom is 0.224 e. The van der Waals surface area contributed by atoms with Crippen molar-refractivity contribution < 1.29 is 13.2 Å². The number of carbonyl (C=O) groups is 1. The number of amides is 1. The highest BCUT2D eigenvalue weighted by Gasteiger charge is 2.26. The van der Waals surface area contributed by atoms with Gasteiger partial charge in [0.15, 0.2) is 0 Å². The Morgan fingerprint density at radius 3 is 2.32 bits per heavy atom. The van der Waals surface area contributed by atoms with Gasteiger partial charge in [-0.1, -0.05) is 60.2 Å². The van der Waals surface area contributed by atoms with Crippen LogP contribution in [0.3, 0.4) is 0 Å². The number of nitrogens with zero attached hydrogens (tertiary/aromatic N) is 2. The van der Waals surface area contributed by atoms with Gasteiger partial charge < -0.3 is 10.2 Å². The zero-order valence-corrected chi connectivity index (χ0v) is 19.6. The van der Waals surface area contributed by atoms with E-state index in [9.17, 15) is 13.2 Å². The first-order chi connectivity index (χ1) is 14.4. The monoisotopic (exact) mass is 465 g/mol. The molecule has 0 bridgehead atoms. The van der Waals surface area contributed by atoms with E-state index in [0.717, 1.165) is 37.2 Å². The molecule has 2 aromatic rings. The zero-order valence-electron chi connectivity index (χ0n) is 18.0. The number of benzene rings is 2. The van der Waals surface area contributed by atoms with E-state index >= 15 is 0 Å². The molecule has 0 aliphatic carbocycles. The van der Waals surface area contributed by atoms with Gasteiger partial charge in [0.25, 0.3) is 0 Å². The molecule has 1 N–H and O–H groups in total. The second kappa shape index (κ2) is 12.2. The number of halogens is 1. The lowest BCUT2D eigenvalue weighted by molar-refractivity contribution is -0.120. The highest BCUT2D eigenvalue weighted by atomic mass is 35.5. The molecule has 0 saturated carbocycles. The first kappa shape index (κ1) is 25.3. The molecular formula is C23H32ClN3O3S. The summed E-state index contributed by atoms with van der Waals surface area (Å²) in [5, 5.41) is 2.74. The van der Waals surface area contributed by atoms with Gasteiger partial charge in [0.1, 0.15) is 0 Å². The van der Waals surface area contributed by atoms with E-state index in [2.05, 4.69) is 22.3 Å². The second-order valence-electron chi connectivity index (χ2n) is 7.81. The fraction of sp³-hybridized carbons (Fsp3) is 0.435. The van der Waals surface area contributed by atoms with Crippen molar-refractivity contribution in [2.45, 2.75) is 19.8 Å². The third kappa shape index (κ3) is 8.26. The SMILES string of the molecule is Cc1cccc(CC(=O)NCCS(=O)(=O)N2CCN(CCc3ccccc3)CC2)c1.Cl. The Morgan fingerprint density at radius 2 is 1.65 bits per heavy atom. The normalized spacial score (nSPS) is 15.3. The average molecular weight is 466 g/mol. The standard InChI is InChI=1S/C23H31N3O3S.ClH/c1-20-6-5-9-22(18-20)19-23(27)24-11-17-30(28,29)26-15-13-25(14-16-26)12-10-21-7-3-2-4-8-21;/h2-9,18H,10-17,19H2,1H3,(H,24,27);1H. The van der Waals surface area contributed by atoms with E-state index in [0.29, 0.717) is 13.1 Å². The largest absolute Gasteiger partial charge is 0.355 e. The molecule has 0 atom stereocenters. The lowest BCUT2D eigenvalue weighted by Gasteiger charge is -2.34. The predicted octanol–water partition coefficient (Wildman–Crippen LogP) is 2.27. The number of aryl methyl sites for hydroxylation is 1. The minimum absolute atomic E-state index is 0.